The molecule has 0 saturated carbocycles. The molecule has 0 aromatic carbocycles. The number of carbonyl (C=O) groups excluding carboxylic acids is 1. The Labute approximate surface area is 130 Å². The molecule has 1 aliphatic rings. The van der Waals surface area contributed by atoms with Crippen molar-refractivity contribution in [3.63, 3.8) is 0 Å². The molecule has 3 heterocycles. The Morgan fingerprint density at radius 1 is 1.40 bits per heavy atom. The summed E-state index contributed by atoms with van der Waals surface area (Å²) in [7, 11) is 0. The van der Waals surface area contributed by atoms with Crippen LogP contribution < -0.4 is 0 Å². The topological polar surface area (TPSA) is 33.5 Å². The monoisotopic (exact) mass is 327 g/mol. The zero-order valence-corrected chi connectivity index (χ0v) is 13.4. The lowest BCUT2D eigenvalue weighted by Crippen LogP contribution is -2.36. The van der Waals surface area contributed by atoms with Gasteiger partial charge in [-0.1, -0.05) is 11.6 Å². The molecular weight excluding hydrogens is 314 g/mol. The van der Waals surface area contributed by atoms with Crippen molar-refractivity contribution in [3.05, 3.63) is 45.0 Å². The normalized spacial score (nSPS) is 19.6. The number of carbonyl (C=O) groups is 1. The molecule has 0 aliphatic carbocycles. The third-order valence-corrected chi connectivity index (χ3v) is 5.85. The van der Waals surface area contributed by atoms with Crippen molar-refractivity contribution >= 4 is 40.6 Å². The maximum absolute atomic E-state index is 12.2. The number of hydrogen-bond acceptors (Lipinski definition) is 4. The van der Waals surface area contributed by atoms with Gasteiger partial charge < -0.3 is 9.32 Å². The SMILES string of the molecule is Cc1ccc(CN2C(=O)CCSC2c2ccc(Cl)s2)o1. The molecule has 0 spiro atoms. The van der Waals surface area contributed by atoms with Crippen LogP contribution in [0.25, 0.3) is 0 Å². The number of halogens is 1. The summed E-state index contributed by atoms with van der Waals surface area (Å²) >= 11 is 9.33. The van der Waals surface area contributed by atoms with Crippen LogP contribution in [-0.4, -0.2) is 16.6 Å². The molecule has 0 radical (unpaired) electrons. The molecular formula is C14H14ClNO2S2. The summed E-state index contributed by atoms with van der Waals surface area (Å²) in [6.07, 6.45) is 0.583. The number of rotatable bonds is 3. The first-order chi connectivity index (χ1) is 9.63. The smallest absolute Gasteiger partial charge is 0.225 e. The zero-order valence-electron chi connectivity index (χ0n) is 11.0. The second-order valence-corrected chi connectivity index (χ2v) is 7.58. The molecule has 3 nitrogen and oxygen atoms in total. The molecule has 1 unspecified atom stereocenters. The summed E-state index contributed by atoms with van der Waals surface area (Å²) in [4.78, 5) is 15.2. The van der Waals surface area contributed by atoms with Gasteiger partial charge in [-0.25, -0.2) is 0 Å². The van der Waals surface area contributed by atoms with E-state index in [0.717, 1.165) is 26.5 Å². The highest BCUT2D eigenvalue weighted by Gasteiger charge is 2.31. The fraction of sp³-hybridized carbons (Fsp3) is 0.357. The Balaban J connectivity index is 1.85. The van der Waals surface area contributed by atoms with E-state index in [1.807, 2.05) is 36.1 Å². The lowest BCUT2D eigenvalue weighted by Gasteiger charge is -2.34. The third-order valence-electron chi connectivity index (χ3n) is 3.15. The first kappa shape index (κ1) is 14.0. The highest BCUT2D eigenvalue weighted by Crippen LogP contribution is 2.42. The molecule has 0 N–H and O–H groups in total. The van der Waals surface area contributed by atoms with Crippen molar-refractivity contribution in [2.75, 3.05) is 5.75 Å². The quantitative estimate of drug-likeness (QED) is 0.834. The second kappa shape index (κ2) is 5.84. The van der Waals surface area contributed by atoms with Crippen LogP contribution in [0, 0.1) is 6.92 Å². The van der Waals surface area contributed by atoms with Crippen LogP contribution in [-0.2, 0) is 11.3 Å². The summed E-state index contributed by atoms with van der Waals surface area (Å²) in [5.41, 5.74) is 0. The number of aryl methyl sites for hydroxylation is 1. The van der Waals surface area contributed by atoms with Gasteiger partial charge in [0, 0.05) is 17.1 Å². The fourth-order valence-corrected chi connectivity index (χ4v) is 4.76. The molecule has 1 atom stereocenters. The van der Waals surface area contributed by atoms with E-state index in [1.54, 1.807) is 11.8 Å². The van der Waals surface area contributed by atoms with Gasteiger partial charge in [-0.05, 0) is 31.2 Å². The maximum Gasteiger partial charge on any atom is 0.225 e. The highest BCUT2D eigenvalue weighted by molar-refractivity contribution is 7.99. The predicted octanol–water partition coefficient (Wildman–Crippen LogP) is 4.47. The largest absolute Gasteiger partial charge is 0.464 e. The molecule has 6 heteroatoms. The summed E-state index contributed by atoms with van der Waals surface area (Å²) in [5.74, 6) is 2.72. The van der Waals surface area contributed by atoms with Gasteiger partial charge in [-0.3, -0.25) is 4.79 Å². The predicted molar refractivity (Wildman–Crippen MR) is 83.1 cm³/mol. The van der Waals surface area contributed by atoms with Crippen LogP contribution in [0.4, 0.5) is 0 Å². The Hall–Kier alpha value is -0.910. The van der Waals surface area contributed by atoms with E-state index in [0.29, 0.717) is 13.0 Å². The van der Waals surface area contributed by atoms with Crippen molar-refractivity contribution in [3.8, 4) is 0 Å². The standard InChI is InChI=1S/C14H14ClNO2S2/c1-9-2-3-10(18-9)8-16-13(17)6-7-19-14(16)11-4-5-12(15)20-11/h2-5,14H,6-8H2,1H3. The number of thioether (sulfide) groups is 1. The molecule has 2 aromatic rings. The molecule has 0 bridgehead atoms. The minimum Gasteiger partial charge on any atom is -0.464 e. The van der Waals surface area contributed by atoms with Gasteiger partial charge in [-0.15, -0.1) is 23.1 Å². The molecule has 2 aromatic heterocycles. The second-order valence-electron chi connectivity index (χ2n) is 4.65. The van der Waals surface area contributed by atoms with E-state index < -0.39 is 0 Å². The summed E-state index contributed by atoms with van der Waals surface area (Å²) in [6, 6.07) is 7.74. The van der Waals surface area contributed by atoms with Gasteiger partial charge in [0.2, 0.25) is 5.91 Å². The van der Waals surface area contributed by atoms with Gasteiger partial charge >= 0.3 is 0 Å². The number of nitrogens with zero attached hydrogens (tertiary/aromatic N) is 1. The number of amides is 1. The van der Waals surface area contributed by atoms with E-state index >= 15 is 0 Å². The van der Waals surface area contributed by atoms with Gasteiger partial charge in [0.05, 0.1) is 10.9 Å². The van der Waals surface area contributed by atoms with Crippen LogP contribution in [0.2, 0.25) is 4.34 Å². The van der Waals surface area contributed by atoms with E-state index in [-0.39, 0.29) is 11.3 Å². The molecule has 20 heavy (non-hydrogen) atoms. The summed E-state index contributed by atoms with van der Waals surface area (Å²) in [6.45, 7) is 2.42. The first-order valence-electron chi connectivity index (χ1n) is 6.35. The maximum atomic E-state index is 12.2. The average Bonchev–Trinajstić information content (AvgIpc) is 3.01. The Kier molecular flexibility index (Phi) is 4.10. The molecule has 1 fully saturated rings. The van der Waals surface area contributed by atoms with Crippen LogP contribution in [0.3, 0.4) is 0 Å². The van der Waals surface area contributed by atoms with E-state index in [9.17, 15) is 4.79 Å². The highest BCUT2D eigenvalue weighted by atomic mass is 35.5. The summed E-state index contributed by atoms with van der Waals surface area (Å²) < 4.78 is 6.36. The number of thiophene rings is 1. The van der Waals surface area contributed by atoms with Crippen LogP contribution >= 0.6 is 34.7 Å². The lowest BCUT2D eigenvalue weighted by molar-refractivity contribution is -0.132. The van der Waals surface area contributed by atoms with Gasteiger partial charge in [0.1, 0.15) is 16.9 Å². The molecule has 3 rings (SSSR count). The minimum atomic E-state index is 0.0409. The Bertz CT molecular complexity index is 622. The van der Waals surface area contributed by atoms with Crippen molar-refractivity contribution in [2.45, 2.75) is 25.3 Å². The van der Waals surface area contributed by atoms with Crippen molar-refractivity contribution in [1.29, 1.82) is 0 Å². The first-order valence-corrected chi connectivity index (χ1v) is 8.59. The zero-order chi connectivity index (χ0) is 14.1. The van der Waals surface area contributed by atoms with Crippen LogP contribution in [0.15, 0.2) is 28.7 Å². The van der Waals surface area contributed by atoms with E-state index in [4.69, 9.17) is 16.0 Å². The van der Waals surface area contributed by atoms with E-state index in [2.05, 4.69) is 0 Å². The van der Waals surface area contributed by atoms with Crippen molar-refractivity contribution in [1.82, 2.24) is 4.90 Å². The Morgan fingerprint density at radius 3 is 2.90 bits per heavy atom. The molecule has 1 amide bonds. The average molecular weight is 328 g/mol. The van der Waals surface area contributed by atoms with Gasteiger partial charge in [0.15, 0.2) is 0 Å². The van der Waals surface area contributed by atoms with Crippen molar-refractivity contribution in [2.24, 2.45) is 0 Å². The number of hydrogen-bond donors (Lipinski definition) is 0. The molecule has 106 valence electrons. The van der Waals surface area contributed by atoms with E-state index in [1.165, 1.54) is 11.3 Å². The van der Waals surface area contributed by atoms with Crippen LogP contribution in [0.5, 0.6) is 0 Å². The number of furan rings is 1. The lowest BCUT2D eigenvalue weighted by atomic mass is 10.3. The van der Waals surface area contributed by atoms with Gasteiger partial charge in [-0.2, -0.15) is 0 Å². The molecule has 1 saturated heterocycles. The van der Waals surface area contributed by atoms with Crippen molar-refractivity contribution < 1.29 is 9.21 Å². The fourth-order valence-electron chi connectivity index (χ4n) is 2.23. The van der Waals surface area contributed by atoms with Gasteiger partial charge in [0.25, 0.3) is 0 Å². The molecule has 1 aliphatic heterocycles. The van der Waals surface area contributed by atoms with Crippen LogP contribution in [0.1, 0.15) is 28.2 Å². The third kappa shape index (κ3) is 2.90. The minimum absolute atomic E-state index is 0.0409. The summed E-state index contributed by atoms with van der Waals surface area (Å²) in [5, 5.41) is 0.0409. The Morgan fingerprint density at radius 2 is 2.25 bits per heavy atom.